The van der Waals surface area contributed by atoms with Crippen LogP contribution in [0.25, 0.3) is 0 Å². The van der Waals surface area contributed by atoms with Crippen molar-refractivity contribution in [1.82, 2.24) is 0 Å². The molecular weight excluding hydrogens is 296 g/mol. The maximum atomic E-state index is 11.7. The number of carbonyl (C=O) groups is 2. The Morgan fingerprint density at radius 3 is 2.65 bits per heavy atom. The van der Waals surface area contributed by atoms with Crippen molar-refractivity contribution < 1.29 is 19.1 Å². The number of amides is 1. The summed E-state index contributed by atoms with van der Waals surface area (Å²) in [4.78, 5) is 26.9. The SMILES string of the molecule is CCOC(=O)COc1ccc(C2=NC(=O)C(C#N)=CC2C)cc1. The van der Waals surface area contributed by atoms with Crippen molar-refractivity contribution in [3.63, 3.8) is 0 Å². The number of ether oxygens (including phenoxy) is 2. The summed E-state index contributed by atoms with van der Waals surface area (Å²) in [5, 5.41) is 8.85. The molecule has 0 saturated carbocycles. The van der Waals surface area contributed by atoms with Gasteiger partial charge in [0.15, 0.2) is 6.61 Å². The molecule has 1 aromatic rings. The average molecular weight is 312 g/mol. The van der Waals surface area contributed by atoms with Crippen LogP contribution in [0.1, 0.15) is 19.4 Å². The van der Waals surface area contributed by atoms with Gasteiger partial charge in [-0.25, -0.2) is 9.79 Å². The van der Waals surface area contributed by atoms with Crippen LogP contribution < -0.4 is 4.74 Å². The van der Waals surface area contributed by atoms with E-state index in [0.717, 1.165) is 5.56 Å². The first-order valence-electron chi connectivity index (χ1n) is 7.18. The van der Waals surface area contributed by atoms with Gasteiger partial charge in [0.05, 0.1) is 12.3 Å². The van der Waals surface area contributed by atoms with Crippen LogP contribution in [0, 0.1) is 17.2 Å². The minimum Gasteiger partial charge on any atom is -0.482 e. The lowest BCUT2D eigenvalue weighted by Crippen LogP contribution is -2.19. The minimum atomic E-state index is -0.525. The van der Waals surface area contributed by atoms with E-state index in [-0.39, 0.29) is 18.1 Å². The highest BCUT2D eigenvalue weighted by atomic mass is 16.6. The Kier molecular flexibility index (Phi) is 5.26. The molecule has 0 aromatic heterocycles. The molecule has 118 valence electrons. The average Bonchev–Trinajstić information content (AvgIpc) is 2.55. The van der Waals surface area contributed by atoms with Gasteiger partial charge >= 0.3 is 5.97 Å². The third-order valence-corrected chi connectivity index (χ3v) is 3.23. The van der Waals surface area contributed by atoms with Crippen molar-refractivity contribution in [3.05, 3.63) is 41.5 Å². The molecule has 0 fully saturated rings. The Balaban J connectivity index is 2.07. The summed E-state index contributed by atoms with van der Waals surface area (Å²) in [5.74, 6) is -0.566. The summed E-state index contributed by atoms with van der Waals surface area (Å²) >= 11 is 0. The lowest BCUT2D eigenvalue weighted by molar-refractivity contribution is -0.145. The van der Waals surface area contributed by atoms with Crippen LogP contribution in [0.2, 0.25) is 0 Å². The lowest BCUT2D eigenvalue weighted by atomic mass is 9.93. The van der Waals surface area contributed by atoms with Gasteiger partial charge in [-0.3, -0.25) is 4.79 Å². The number of rotatable bonds is 5. The van der Waals surface area contributed by atoms with Gasteiger partial charge in [-0.15, -0.1) is 0 Å². The van der Waals surface area contributed by atoms with E-state index in [1.165, 1.54) is 0 Å². The number of nitrogens with zero attached hydrogens (tertiary/aromatic N) is 2. The Morgan fingerprint density at radius 1 is 1.35 bits per heavy atom. The van der Waals surface area contributed by atoms with Crippen LogP contribution in [-0.2, 0) is 14.3 Å². The zero-order valence-corrected chi connectivity index (χ0v) is 12.9. The van der Waals surface area contributed by atoms with E-state index in [1.807, 2.05) is 13.0 Å². The highest BCUT2D eigenvalue weighted by Crippen LogP contribution is 2.21. The van der Waals surface area contributed by atoms with Gasteiger partial charge < -0.3 is 9.47 Å². The number of nitriles is 1. The number of aliphatic imine (C=N–C) groups is 1. The van der Waals surface area contributed by atoms with Crippen molar-refractivity contribution in [2.45, 2.75) is 13.8 Å². The molecule has 0 spiro atoms. The molecule has 6 nitrogen and oxygen atoms in total. The van der Waals surface area contributed by atoms with Crippen LogP contribution in [0.15, 0.2) is 40.9 Å². The number of allylic oxidation sites excluding steroid dienone is 1. The second kappa shape index (κ2) is 7.36. The van der Waals surface area contributed by atoms with Gasteiger partial charge in [-0.1, -0.05) is 13.0 Å². The molecule has 1 unspecified atom stereocenters. The van der Waals surface area contributed by atoms with Crippen LogP contribution in [0.5, 0.6) is 5.75 Å². The molecule has 1 aliphatic rings. The van der Waals surface area contributed by atoms with Crippen molar-refractivity contribution in [2.24, 2.45) is 10.9 Å². The zero-order valence-electron chi connectivity index (χ0n) is 12.9. The third kappa shape index (κ3) is 4.04. The van der Waals surface area contributed by atoms with Crippen molar-refractivity contribution in [1.29, 1.82) is 5.26 Å². The molecule has 6 heteroatoms. The van der Waals surface area contributed by atoms with Crippen LogP contribution in [-0.4, -0.2) is 30.8 Å². The monoisotopic (exact) mass is 312 g/mol. The number of benzene rings is 1. The molecule has 0 saturated heterocycles. The molecule has 1 aromatic carbocycles. The van der Waals surface area contributed by atoms with E-state index in [4.69, 9.17) is 14.7 Å². The second-order valence-corrected chi connectivity index (χ2v) is 4.90. The van der Waals surface area contributed by atoms with E-state index in [2.05, 4.69) is 4.99 Å². The van der Waals surface area contributed by atoms with E-state index in [9.17, 15) is 9.59 Å². The van der Waals surface area contributed by atoms with E-state index in [0.29, 0.717) is 18.1 Å². The molecule has 1 atom stereocenters. The number of carbonyl (C=O) groups excluding carboxylic acids is 2. The van der Waals surface area contributed by atoms with Gasteiger partial charge in [0.2, 0.25) is 0 Å². The predicted molar refractivity (Wildman–Crippen MR) is 83.0 cm³/mol. The predicted octanol–water partition coefficient (Wildman–Crippen LogP) is 2.04. The quantitative estimate of drug-likeness (QED) is 0.776. The fourth-order valence-corrected chi connectivity index (χ4v) is 2.15. The number of hydrogen-bond donors (Lipinski definition) is 0. The normalized spacial score (nSPS) is 16.9. The zero-order chi connectivity index (χ0) is 16.8. The summed E-state index contributed by atoms with van der Waals surface area (Å²) in [6, 6.07) is 8.74. The maximum Gasteiger partial charge on any atom is 0.344 e. The fraction of sp³-hybridized carbons (Fsp3) is 0.294. The molecule has 1 aliphatic heterocycles. The first kappa shape index (κ1) is 16.4. The fourth-order valence-electron chi connectivity index (χ4n) is 2.15. The Morgan fingerprint density at radius 2 is 2.04 bits per heavy atom. The summed E-state index contributed by atoms with van der Waals surface area (Å²) in [6.45, 7) is 3.75. The first-order valence-corrected chi connectivity index (χ1v) is 7.18. The second-order valence-electron chi connectivity index (χ2n) is 4.90. The van der Waals surface area contributed by atoms with Gasteiger partial charge in [0.25, 0.3) is 5.91 Å². The molecule has 23 heavy (non-hydrogen) atoms. The van der Waals surface area contributed by atoms with Gasteiger partial charge in [-0.2, -0.15) is 5.26 Å². The van der Waals surface area contributed by atoms with Crippen LogP contribution in [0.3, 0.4) is 0 Å². The Bertz CT molecular complexity index is 711. The van der Waals surface area contributed by atoms with Gasteiger partial charge in [-0.05, 0) is 36.8 Å². The van der Waals surface area contributed by atoms with Crippen LogP contribution in [0.4, 0.5) is 0 Å². The Labute approximate surface area is 134 Å². The topological polar surface area (TPSA) is 88.8 Å². The molecule has 1 amide bonds. The molecule has 0 radical (unpaired) electrons. The van der Waals surface area contributed by atoms with Crippen LogP contribution >= 0.6 is 0 Å². The number of esters is 1. The van der Waals surface area contributed by atoms with Crippen molar-refractivity contribution in [3.8, 4) is 11.8 Å². The summed E-state index contributed by atoms with van der Waals surface area (Å²) in [6.07, 6.45) is 1.61. The largest absolute Gasteiger partial charge is 0.482 e. The van der Waals surface area contributed by atoms with E-state index < -0.39 is 11.9 Å². The highest BCUT2D eigenvalue weighted by molar-refractivity contribution is 6.15. The van der Waals surface area contributed by atoms with Crippen molar-refractivity contribution in [2.75, 3.05) is 13.2 Å². The summed E-state index contributed by atoms with van der Waals surface area (Å²) in [5.41, 5.74) is 1.43. The standard InChI is InChI=1S/C17H16N2O4/c1-3-22-15(20)10-23-14-6-4-12(5-7-14)16-11(2)8-13(9-18)17(21)19-16/h4-8,11H,3,10H2,1-2H3. The summed E-state index contributed by atoms with van der Waals surface area (Å²) in [7, 11) is 0. The highest BCUT2D eigenvalue weighted by Gasteiger charge is 2.22. The van der Waals surface area contributed by atoms with Crippen molar-refractivity contribution >= 4 is 17.6 Å². The van der Waals surface area contributed by atoms with E-state index >= 15 is 0 Å². The first-order chi connectivity index (χ1) is 11.0. The van der Waals surface area contributed by atoms with E-state index in [1.54, 1.807) is 37.3 Å². The lowest BCUT2D eigenvalue weighted by Gasteiger charge is -2.16. The molecule has 0 N–H and O–H groups in total. The molecule has 0 bridgehead atoms. The number of dihydropyridines is 1. The number of hydrogen-bond acceptors (Lipinski definition) is 5. The maximum absolute atomic E-state index is 11.7. The van der Waals surface area contributed by atoms with Gasteiger partial charge in [0.1, 0.15) is 17.4 Å². The third-order valence-electron chi connectivity index (χ3n) is 3.23. The molecule has 0 aliphatic carbocycles. The smallest absolute Gasteiger partial charge is 0.344 e. The molecule has 2 rings (SSSR count). The minimum absolute atomic E-state index is 0.0654. The van der Waals surface area contributed by atoms with Gasteiger partial charge in [0, 0.05) is 5.92 Å². The Hall–Kier alpha value is -2.94. The molecular formula is C17H16N2O4. The summed E-state index contributed by atoms with van der Waals surface area (Å²) < 4.78 is 10.1. The molecule has 1 heterocycles.